The van der Waals surface area contributed by atoms with Crippen molar-refractivity contribution in [3.05, 3.63) is 35.5 Å². The number of carboxylic acids is 1. The van der Waals surface area contributed by atoms with E-state index in [1.807, 2.05) is 12.1 Å². The van der Waals surface area contributed by atoms with Crippen molar-refractivity contribution in [2.24, 2.45) is 5.41 Å². The summed E-state index contributed by atoms with van der Waals surface area (Å²) < 4.78 is 5.83. The molecule has 0 atom stereocenters. The minimum atomic E-state index is -0.782. The number of nitrogens with zero attached hydrogens (tertiary/aromatic N) is 1. The Kier molecular flexibility index (Phi) is 4.99. The first-order valence-corrected chi connectivity index (χ1v) is 8.65. The van der Waals surface area contributed by atoms with Gasteiger partial charge in [-0.3, -0.25) is 4.79 Å². The van der Waals surface area contributed by atoms with Gasteiger partial charge in [-0.2, -0.15) is 0 Å². The van der Waals surface area contributed by atoms with Crippen LogP contribution >= 0.6 is 0 Å². The first kappa shape index (κ1) is 16.0. The lowest BCUT2D eigenvalue weighted by Gasteiger charge is -2.31. The van der Waals surface area contributed by atoms with E-state index >= 15 is 0 Å². The van der Waals surface area contributed by atoms with Crippen molar-refractivity contribution in [3.8, 4) is 5.88 Å². The molecule has 1 saturated carbocycles. The first-order chi connectivity index (χ1) is 11.2. The Morgan fingerprint density at radius 3 is 2.70 bits per heavy atom. The monoisotopic (exact) mass is 315 g/mol. The predicted octanol–water partition coefficient (Wildman–Crippen LogP) is 4.15. The summed E-state index contributed by atoms with van der Waals surface area (Å²) in [5.41, 5.74) is 2.81. The molecule has 2 aliphatic rings. The van der Waals surface area contributed by atoms with Gasteiger partial charge in [-0.15, -0.1) is 0 Å². The summed E-state index contributed by atoms with van der Waals surface area (Å²) in [4.78, 5) is 14.9. The van der Waals surface area contributed by atoms with Crippen LogP contribution in [0.1, 0.15) is 56.9 Å². The van der Waals surface area contributed by atoms with Crippen LogP contribution in [0.2, 0.25) is 0 Å². The molecule has 0 bridgehead atoms. The predicted molar refractivity (Wildman–Crippen MR) is 88.5 cm³/mol. The molecule has 0 amide bonds. The average molecular weight is 315 g/mol. The lowest BCUT2D eigenvalue weighted by molar-refractivity contribution is -0.136. The molecule has 0 radical (unpaired) electrons. The molecular weight excluding hydrogens is 290 g/mol. The number of aromatic nitrogens is 1. The summed E-state index contributed by atoms with van der Waals surface area (Å²) in [6, 6.07) is 3.74. The quantitative estimate of drug-likeness (QED) is 0.801. The fourth-order valence-electron chi connectivity index (χ4n) is 3.89. The molecule has 0 saturated heterocycles. The van der Waals surface area contributed by atoms with Crippen molar-refractivity contribution < 1.29 is 14.6 Å². The zero-order valence-electron chi connectivity index (χ0n) is 13.6. The van der Waals surface area contributed by atoms with Crippen LogP contribution in [0.25, 0.3) is 0 Å². The van der Waals surface area contributed by atoms with Gasteiger partial charge >= 0.3 is 5.97 Å². The van der Waals surface area contributed by atoms with E-state index in [1.165, 1.54) is 44.1 Å². The molecule has 1 spiro atoms. The maximum absolute atomic E-state index is 10.6. The van der Waals surface area contributed by atoms with E-state index in [2.05, 4.69) is 11.1 Å². The normalized spacial score (nSPS) is 19.6. The number of ether oxygens (including phenoxy) is 1. The number of rotatable bonds is 6. The van der Waals surface area contributed by atoms with Gasteiger partial charge in [0, 0.05) is 18.7 Å². The van der Waals surface area contributed by atoms with Crippen molar-refractivity contribution in [2.75, 3.05) is 6.61 Å². The van der Waals surface area contributed by atoms with E-state index in [0.717, 1.165) is 12.0 Å². The SMILES string of the molecule is O=C(O)CCc1ccc(OCC2=CC3(CCCC3)CCC2)nc1. The third-order valence-corrected chi connectivity index (χ3v) is 5.11. The molecule has 1 fully saturated rings. The molecule has 3 rings (SSSR count). The Bertz CT molecular complexity index is 571. The number of pyridine rings is 1. The number of hydrogen-bond donors (Lipinski definition) is 1. The Labute approximate surface area is 137 Å². The number of aliphatic carboxylic acids is 1. The Morgan fingerprint density at radius 1 is 1.22 bits per heavy atom. The second-order valence-electron chi connectivity index (χ2n) is 6.91. The summed E-state index contributed by atoms with van der Waals surface area (Å²) in [5.74, 6) is -0.161. The first-order valence-electron chi connectivity index (χ1n) is 8.65. The van der Waals surface area contributed by atoms with Gasteiger partial charge in [0.2, 0.25) is 5.88 Å². The van der Waals surface area contributed by atoms with Crippen LogP contribution in [0.4, 0.5) is 0 Å². The summed E-state index contributed by atoms with van der Waals surface area (Å²) in [6.07, 6.45) is 14.0. The highest BCUT2D eigenvalue weighted by atomic mass is 16.5. The average Bonchev–Trinajstić information content (AvgIpc) is 2.99. The summed E-state index contributed by atoms with van der Waals surface area (Å²) >= 11 is 0. The van der Waals surface area contributed by atoms with Gasteiger partial charge in [0.15, 0.2) is 0 Å². The zero-order valence-corrected chi connectivity index (χ0v) is 13.6. The smallest absolute Gasteiger partial charge is 0.303 e. The van der Waals surface area contributed by atoms with Crippen molar-refractivity contribution in [2.45, 2.75) is 57.8 Å². The topological polar surface area (TPSA) is 59.4 Å². The zero-order chi connectivity index (χ0) is 16.1. The van der Waals surface area contributed by atoms with Crippen molar-refractivity contribution in [3.63, 3.8) is 0 Å². The molecule has 1 aromatic heterocycles. The molecule has 1 N–H and O–H groups in total. The molecule has 124 valence electrons. The minimum absolute atomic E-state index is 0.136. The lowest BCUT2D eigenvalue weighted by atomic mass is 9.75. The lowest BCUT2D eigenvalue weighted by Crippen LogP contribution is -2.19. The number of aryl methyl sites for hydroxylation is 1. The number of hydrogen-bond acceptors (Lipinski definition) is 3. The van der Waals surface area contributed by atoms with Crippen molar-refractivity contribution in [1.82, 2.24) is 4.98 Å². The van der Waals surface area contributed by atoms with Crippen LogP contribution in [0.15, 0.2) is 30.0 Å². The molecule has 23 heavy (non-hydrogen) atoms. The maximum atomic E-state index is 10.6. The Balaban J connectivity index is 1.53. The van der Waals surface area contributed by atoms with Crippen LogP contribution in [0.5, 0.6) is 5.88 Å². The highest BCUT2D eigenvalue weighted by Crippen LogP contribution is 2.47. The molecule has 4 nitrogen and oxygen atoms in total. The second kappa shape index (κ2) is 7.16. The summed E-state index contributed by atoms with van der Waals surface area (Å²) in [6.45, 7) is 0.628. The van der Waals surface area contributed by atoms with Crippen LogP contribution in [-0.4, -0.2) is 22.7 Å². The largest absolute Gasteiger partial charge is 0.481 e. The van der Waals surface area contributed by atoms with E-state index < -0.39 is 5.97 Å². The van der Waals surface area contributed by atoms with E-state index in [-0.39, 0.29) is 6.42 Å². The Hall–Kier alpha value is -1.84. The number of carboxylic acid groups (broad SMARTS) is 1. The molecule has 4 heteroatoms. The fraction of sp³-hybridized carbons (Fsp3) is 0.579. The van der Waals surface area contributed by atoms with Gasteiger partial charge in [0.1, 0.15) is 6.61 Å². The molecular formula is C19H25NO3. The van der Waals surface area contributed by atoms with Gasteiger partial charge in [0.25, 0.3) is 0 Å². The van der Waals surface area contributed by atoms with E-state index in [4.69, 9.17) is 9.84 Å². The van der Waals surface area contributed by atoms with Gasteiger partial charge in [0.05, 0.1) is 0 Å². The van der Waals surface area contributed by atoms with Crippen molar-refractivity contribution in [1.29, 1.82) is 0 Å². The molecule has 0 aromatic carbocycles. The second-order valence-corrected chi connectivity index (χ2v) is 6.91. The maximum Gasteiger partial charge on any atom is 0.303 e. The van der Waals surface area contributed by atoms with E-state index in [9.17, 15) is 4.79 Å². The van der Waals surface area contributed by atoms with Crippen LogP contribution in [0.3, 0.4) is 0 Å². The van der Waals surface area contributed by atoms with E-state index in [0.29, 0.717) is 24.3 Å². The molecule has 1 heterocycles. The summed E-state index contributed by atoms with van der Waals surface area (Å²) in [7, 11) is 0. The number of carbonyl (C=O) groups is 1. The third-order valence-electron chi connectivity index (χ3n) is 5.11. The van der Waals surface area contributed by atoms with Gasteiger partial charge in [-0.25, -0.2) is 4.98 Å². The standard InChI is InChI=1S/C19H25NO3/c21-18(22)8-6-15-5-7-17(20-13-15)23-14-16-4-3-11-19(12-16)9-1-2-10-19/h5,7,12-13H,1-4,6,8-11,14H2,(H,21,22). The van der Waals surface area contributed by atoms with Crippen LogP contribution in [0, 0.1) is 5.41 Å². The highest BCUT2D eigenvalue weighted by Gasteiger charge is 2.33. The highest BCUT2D eigenvalue weighted by molar-refractivity contribution is 5.67. The van der Waals surface area contributed by atoms with Gasteiger partial charge in [-0.05, 0) is 55.1 Å². The van der Waals surface area contributed by atoms with Crippen LogP contribution in [-0.2, 0) is 11.2 Å². The Morgan fingerprint density at radius 2 is 2.00 bits per heavy atom. The van der Waals surface area contributed by atoms with Gasteiger partial charge in [-0.1, -0.05) is 25.0 Å². The minimum Gasteiger partial charge on any atom is -0.481 e. The molecule has 0 unspecified atom stereocenters. The van der Waals surface area contributed by atoms with Crippen LogP contribution < -0.4 is 4.74 Å². The van der Waals surface area contributed by atoms with Gasteiger partial charge < -0.3 is 9.84 Å². The summed E-state index contributed by atoms with van der Waals surface area (Å²) in [5, 5.41) is 8.69. The molecule has 0 aliphatic heterocycles. The van der Waals surface area contributed by atoms with E-state index in [1.54, 1.807) is 6.20 Å². The van der Waals surface area contributed by atoms with Crippen molar-refractivity contribution >= 4 is 5.97 Å². The molecule has 1 aromatic rings. The number of allylic oxidation sites excluding steroid dienone is 1. The third kappa shape index (κ3) is 4.34. The fourth-order valence-corrected chi connectivity index (χ4v) is 3.89. The molecule has 2 aliphatic carbocycles.